The Morgan fingerprint density at radius 2 is 1.90 bits per heavy atom. The fourth-order valence-electron chi connectivity index (χ4n) is 3.54. The van der Waals surface area contributed by atoms with Crippen molar-refractivity contribution in [3.63, 3.8) is 0 Å². The lowest BCUT2D eigenvalue weighted by Crippen LogP contribution is -2.30. The van der Waals surface area contributed by atoms with Crippen LogP contribution in [0.3, 0.4) is 0 Å². The number of halogens is 2. The lowest BCUT2D eigenvalue weighted by atomic mass is 9.96. The Bertz CT molecular complexity index is 1130. The molecule has 1 amide bonds. The van der Waals surface area contributed by atoms with Gasteiger partial charge in [0.2, 0.25) is 0 Å². The smallest absolute Gasteiger partial charge is 0.294 e. The molecule has 1 aromatic heterocycles. The summed E-state index contributed by atoms with van der Waals surface area (Å²) >= 11 is 5.89. The highest BCUT2D eigenvalue weighted by molar-refractivity contribution is 6.31. The average Bonchev–Trinajstić information content (AvgIpc) is 3.36. The number of amides is 1. The Morgan fingerprint density at radius 1 is 1.13 bits per heavy atom. The standard InChI is InChI=1S/C23H17ClFNO4/c24-16-13-15(9-10-17(16)25)26-21(19-7-4-12-30-19)20(22(28)23(26)29)18(27)11-8-14-5-2-1-3-6-14/h1-7,9-10,12-13,21,28H,8,11H2. The van der Waals surface area contributed by atoms with Gasteiger partial charge in [0.05, 0.1) is 16.9 Å². The molecule has 0 radical (unpaired) electrons. The number of furan rings is 1. The first-order valence-electron chi connectivity index (χ1n) is 9.29. The molecular formula is C23H17ClFNO4. The van der Waals surface area contributed by atoms with Crippen molar-refractivity contribution in [3.05, 3.63) is 100 Å². The first kappa shape index (κ1) is 19.9. The molecule has 7 heteroatoms. The minimum absolute atomic E-state index is 0.0497. The van der Waals surface area contributed by atoms with E-state index in [4.69, 9.17) is 16.0 Å². The quantitative estimate of drug-likeness (QED) is 0.591. The Morgan fingerprint density at radius 3 is 2.57 bits per heavy atom. The van der Waals surface area contributed by atoms with Gasteiger partial charge in [0.1, 0.15) is 17.6 Å². The number of nitrogens with zero attached hydrogens (tertiary/aromatic N) is 1. The van der Waals surface area contributed by atoms with Crippen LogP contribution in [-0.2, 0) is 16.0 Å². The van der Waals surface area contributed by atoms with E-state index in [0.717, 1.165) is 11.6 Å². The van der Waals surface area contributed by atoms with Crippen molar-refractivity contribution < 1.29 is 23.5 Å². The summed E-state index contributed by atoms with van der Waals surface area (Å²) in [5, 5.41) is 10.4. The van der Waals surface area contributed by atoms with E-state index in [9.17, 15) is 19.1 Å². The molecular weight excluding hydrogens is 409 g/mol. The number of carbonyl (C=O) groups is 2. The van der Waals surface area contributed by atoms with Crippen molar-refractivity contribution in [2.24, 2.45) is 0 Å². The van der Waals surface area contributed by atoms with Gasteiger partial charge in [-0.3, -0.25) is 14.5 Å². The van der Waals surface area contributed by atoms with Crippen molar-refractivity contribution in [2.45, 2.75) is 18.9 Å². The van der Waals surface area contributed by atoms with Crippen molar-refractivity contribution in [3.8, 4) is 0 Å². The minimum atomic E-state index is -0.975. The Hall–Kier alpha value is -3.38. The molecule has 0 bridgehead atoms. The monoisotopic (exact) mass is 425 g/mol. The largest absolute Gasteiger partial charge is 0.503 e. The summed E-state index contributed by atoms with van der Waals surface area (Å²) in [4.78, 5) is 27.1. The molecule has 0 spiro atoms. The van der Waals surface area contributed by atoms with E-state index in [1.807, 2.05) is 30.3 Å². The molecule has 2 heterocycles. The molecule has 4 rings (SSSR count). The van der Waals surface area contributed by atoms with E-state index in [-0.39, 0.29) is 28.5 Å². The topological polar surface area (TPSA) is 70.8 Å². The van der Waals surface area contributed by atoms with Gasteiger partial charge in [-0.15, -0.1) is 0 Å². The van der Waals surface area contributed by atoms with E-state index >= 15 is 0 Å². The lowest BCUT2D eigenvalue weighted by Gasteiger charge is -2.25. The maximum absolute atomic E-state index is 13.6. The second-order valence-corrected chi connectivity index (χ2v) is 7.27. The van der Waals surface area contributed by atoms with Gasteiger partial charge < -0.3 is 9.52 Å². The van der Waals surface area contributed by atoms with Crippen LogP contribution in [0.25, 0.3) is 0 Å². The number of benzene rings is 2. The van der Waals surface area contributed by atoms with Gasteiger partial charge in [-0.25, -0.2) is 4.39 Å². The molecule has 1 N–H and O–H groups in total. The summed E-state index contributed by atoms with van der Waals surface area (Å²) in [6.07, 6.45) is 1.97. The van der Waals surface area contributed by atoms with E-state index in [2.05, 4.69) is 0 Å². The first-order chi connectivity index (χ1) is 14.5. The van der Waals surface area contributed by atoms with E-state index in [1.54, 1.807) is 12.1 Å². The van der Waals surface area contributed by atoms with Crippen LogP contribution in [0.15, 0.2) is 82.7 Å². The van der Waals surface area contributed by atoms with Gasteiger partial charge in [-0.1, -0.05) is 41.9 Å². The summed E-state index contributed by atoms with van der Waals surface area (Å²) in [6, 6.07) is 15.5. The van der Waals surface area contributed by atoms with Crippen LogP contribution in [0.4, 0.5) is 10.1 Å². The SMILES string of the molecule is O=C(CCc1ccccc1)C1=C(O)C(=O)N(c2ccc(F)c(Cl)c2)C1c1ccco1. The molecule has 0 aliphatic carbocycles. The highest BCUT2D eigenvalue weighted by Gasteiger charge is 2.45. The van der Waals surface area contributed by atoms with Crippen LogP contribution in [0.1, 0.15) is 23.8 Å². The fraction of sp³-hybridized carbons (Fsp3) is 0.130. The predicted octanol–water partition coefficient (Wildman–Crippen LogP) is 5.17. The molecule has 152 valence electrons. The molecule has 0 fully saturated rings. The number of hydrogen-bond donors (Lipinski definition) is 1. The van der Waals surface area contributed by atoms with Gasteiger partial charge in [0.25, 0.3) is 5.91 Å². The van der Waals surface area contributed by atoms with E-state index in [0.29, 0.717) is 12.2 Å². The summed E-state index contributed by atoms with van der Waals surface area (Å²) in [5.41, 5.74) is 1.16. The van der Waals surface area contributed by atoms with Crippen LogP contribution in [0.2, 0.25) is 5.02 Å². The van der Waals surface area contributed by atoms with E-state index in [1.165, 1.54) is 23.3 Å². The van der Waals surface area contributed by atoms with Gasteiger partial charge in [0, 0.05) is 12.1 Å². The van der Waals surface area contributed by atoms with Crippen molar-refractivity contribution in [2.75, 3.05) is 4.90 Å². The molecule has 0 saturated heterocycles. The third kappa shape index (κ3) is 3.62. The number of Topliss-reactive ketones (excluding diaryl/α,β-unsaturated/α-hetero) is 1. The molecule has 1 aliphatic heterocycles. The number of anilines is 1. The zero-order valence-corrected chi connectivity index (χ0v) is 16.5. The number of ketones is 1. The number of aliphatic hydroxyl groups excluding tert-OH is 1. The Balaban J connectivity index is 1.70. The lowest BCUT2D eigenvalue weighted by molar-refractivity contribution is -0.118. The number of rotatable bonds is 6. The molecule has 1 unspecified atom stereocenters. The maximum atomic E-state index is 13.6. The van der Waals surface area contributed by atoms with Gasteiger partial charge in [-0.05, 0) is 42.3 Å². The molecule has 1 atom stereocenters. The number of aryl methyl sites for hydroxylation is 1. The predicted molar refractivity (Wildman–Crippen MR) is 110 cm³/mol. The van der Waals surface area contributed by atoms with Crippen molar-refractivity contribution in [1.82, 2.24) is 0 Å². The second-order valence-electron chi connectivity index (χ2n) is 6.86. The van der Waals surface area contributed by atoms with Crippen LogP contribution in [-0.4, -0.2) is 16.8 Å². The average molecular weight is 426 g/mol. The normalized spacial score (nSPS) is 16.4. The van der Waals surface area contributed by atoms with Crippen molar-refractivity contribution in [1.29, 1.82) is 0 Å². The molecule has 30 heavy (non-hydrogen) atoms. The highest BCUT2D eigenvalue weighted by Crippen LogP contribution is 2.42. The minimum Gasteiger partial charge on any atom is -0.503 e. The molecule has 1 aliphatic rings. The highest BCUT2D eigenvalue weighted by atomic mass is 35.5. The van der Waals surface area contributed by atoms with Gasteiger partial charge in [0.15, 0.2) is 11.5 Å². The number of carbonyl (C=O) groups excluding carboxylic acids is 2. The first-order valence-corrected chi connectivity index (χ1v) is 9.67. The third-order valence-electron chi connectivity index (χ3n) is 4.99. The Labute approximate surface area is 177 Å². The van der Waals surface area contributed by atoms with Crippen LogP contribution in [0, 0.1) is 5.82 Å². The summed E-state index contributed by atoms with van der Waals surface area (Å²) < 4.78 is 19.1. The van der Waals surface area contributed by atoms with Crippen LogP contribution in [0.5, 0.6) is 0 Å². The van der Waals surface area contributed by atoms with E-state index < -0.39 is 23.5 Å². The third-order valence-corrected chi connectivity index (χ3v) is 5.28. The molecule has 3 aromatic rings. The maximum Gasteiger partial charge on any atom is 0.294 e. The zero-order chi connectivity index (χ0) is 21.3. The summed E-state index contributed by atoms with van der Waals surface area (Å²) in [6.45, 7) is 0. The molecule has 2 aromatic carbocycles. The summed E-state index contributed by atoms with van der Waals surface area (Å²) in [7, 11) is 0. The Kier molecular flexibility index (Phi) is 5.42. The van der Waals surface area contributed by atoms with Crippen LogP contribution < -0.4 is 4.90 Å². The van der Waals surface area contributed by atoms with Gasteiger partial charge >= 0.3 is 0 Å². The van der Waals surface area contributed by atoms with Gasteiger partial charge in [-0.2, -0.15) is 0 Å². The van der Waals surface area contributed by atoms with Crippen LogP contribution >= 0.6 is 11.6 Å². The molecule has 5 nitrogen and oxygen atoms in total. The zero-order valence-electron chi connectivity index (χ0n) is 15.7. The number of hydrogen-bond acceptors (Lipinski definition) is 4. The van der Waals surface area contributed by atoms with Crippen molar-refractivity contribution >= 4 is 29.0 Å². The number of aliphatic hydroxyl groups is 1. The second kappa shape index (κ2) is 8.16. The molecule has 0 saturated carbocycles. The fourth-order valence-corrected chi connectivity index (χ4v) is 3.72. The summed E-state index contributed by atoms with van der Waals surface area (Å²) in [5.74, 6) is -2.13.